The van der Waals surface area contributed by atoms with Gasteiger partial charge in [-0.05, 0) is 63.2 Å². The van der Waals surface area contributed by atoms with Crippen LogP contribution in [0.15, 0.2) is 10.6 Å². The lowest BCUT2D eigenvalue weighted by Crippen LogP contribution is -2.64. The number of carbonyl (C=O) groups is 1. The fourth-order valence-electron chi connectivity index (χ4n) is 6.46. The van der Waals surface area contributed by atoms with Crippen molar-refractivity contribution in [2.45, 2.75) is 51.0 Å². The van der Waals surface area contributed by atoms with Gasteiger partial charge in [0.1, 0.15) is 0 Å². The molecule has 2 heterocycles. The highest BCUT2D eigenvalue weighted by atomic mass is 16.5. The van der Waals surface area contributed by atoms with E-state index in [4.69, 9.17) is 4.52 Å². The van der Waals surface area contributed by atoms with Crippen LogP contribution in [-0.4, -0.2) is 52.6 Å². The van der Waals surface area contributed by atoms with Gasteiger partial charge in [-0.1, -0.05) is 5.16 Å². The summed E-state index contributed by atoms with van der Waals surface area (Å²) in [4.78, 5) is 17.2. The maximum absolute atomic E-state index is 12.5. The largest absolute Gasteiger partial charge is 0.351 e. The third kappa shape index (κ3) is 2.32. The Morgan fingerprint density at radius 3 is 2.17 bits per heavy atom. The van der Waals surface area contributed by atoms with E-state index in [0.29, 0.717) is 11.3 Å². The Kier molecular flexibility index (Phi) is 3.31. The summed E-state index contributed by atoms with van der Waals surface area (Å²) >= 11 is 0. The zero-order chi connectivity index (χ0) is 16.3. The van der Waals surface area contributed by atoms with Gasteiger partial charge < -0.3 is 9.42 Å². The van der Waals surface area contributed by atoms with Crippen molar-refractivity contribution in [2.75, 3.05) is 26.2 Å². The number of aryl methyl sites for hydroxylation is 1. The van der Waals surface area contributed by atoms with E-state index in [0.717, 1.165) is 49.6 Å². The van der Waals surface area contributed by atoms with Crippen molar-refractivity contribution in [2.24, 2.45) is 17.8 Å². The van der Waals surface area contributed by atoms with Gasteiger partial charge in [-0.15, -0.1) is 0 Å². The number of carbonyl (C=O) groups excluding carboxylic acids is 1. The first-order valence-electron chi connectivity index (χ1n) is 9.59. The quantitative estimate of drug-likeness (QED) is 0.837. The van der Waals surface area contributed by atoms with Gasteiger partial charge in [0.25, 0.3) is 5.91 Å². The minimum absolute atomic E-state index is 0.000706. The van der Waals surface area contributed by atoms with E-state index in [9.17, 15) is 4.79 Å². The van der Waals surface area contributed by atoms with Gasteiger partial charge in [0, 0.05) is 37.8 Å². The predicted octanol–water partition coefficient (Wildman–Crippen LogP) is 2.71. The van der Waals surface area contributed by atoms with E-state index in [-0.39, 0.29) is 5.91 Å². The van der Waals surface area contributed by atoms with Gasteiger partial charge >= 0.3 is 0 Å². The Hall–Kier alpha value is -1.36. The number of rotatable bonds is 2. The summed E-state index contributed by atoms with van der Waals surface area (Å²) in [6, 6.07) is 1.74. The molecule has 5 nitrogen and oxygen atoms in total. The van der Waals surface area contributed by atoms with Crippen LogP contribution in [0, 0.1) is 24.7 Å². The molecule has 0 N–H and O–H groups in total. The molecule has 1 amide bonds. The monoisotopic (exact) mass is 329 g/mol. The Bertz CT molecular complexity index is 610. The summed E-state index contributed by atoms with van der Waals surface area (Å²) < 4.78 is 5.15. The number of amides is 1. The van der Waals surface area contributed by atoms with Gasteiger partial charge in [0.15, 0.2) is 0 Å². The van der Waals surface area contributed by atoms with Crippen molar-refractivity contribution in [3.8, 4) is 0 Å². The van der Waals surface area contributed by atoms with Crippen LogP contribution in [-0.2, 0) is 0 Å². The molecule has 5 fully saturated rings. The van der Waals surface area contributed by atoms with Gasteiger partial charge in [-0.25, -0.2) is 0 Å². The normalized spacial score (nSPS) is 38.7. The molecule has 4 bridgehead atoms. The zero-order valence-electron chi connectivity index (χ0n) is 14.5. The lowest BCUT2D eigenvalue weighted by molar-refractivity contribution is -0.0988. The second kappa shape index (κ2) is 5.32. The summed E-state index contributed by atoms with van der Waals surface area (Å²) in [5.41, 5.74) is 1.23. The molecule has 0 aromatic carbocycles. The van der Waals surface area contributed by atoms with Crippen LogP contribution in [0.3, 0.4) is 0 Å². The minimum atomic E-state index is 0.000706. The highest BCUT2D eigenvalue weighted by molar-refractivity contribution is 5.91. The van der Waals surface area contributed by atoms with E-state index in [1.165, 1.54) is 38.5 Å². The lowest BCUT2D eigenvalue weighted by atomic mass is 9.52. The summed E-state index contributed by atoms with van der Waals surface area (Å²) in [7, 11) is 0. The maximum atomic E-state index is 12.5. The first-order valence-corrected chi connectivity index (χ1v) is 9.59. The molecule has 0 unspecified atom stereocenters. The highest BCUT2D eigenvalue weighted by Gasteiger charge is 2.53. The van der Waals surface area contributed by atoms with Crippen molar-refractivity contribution < 1.29 is 9.32 Å². The summed E-state index contributed by atoms with van der Waals surface area (Å²) in [6.07, 6.45) is 8.70. The van der Waals surface area contributed by atoms with Crippen molar-refractivity contribution in [1.29, 1.82) is 0 Å². The van der Waals surface area contributed by atoms with Gasteiger partial charge in [0.2, 0.25) is 5.76 Å². The fraction of sp³-hybridized carbons (Fsp3) is 0.789. The number of hydrogen-bond acceptors (Lipinski definition) is 4. The minimum Gasteiger partial charge on any atom is -0.351 e. The van der Waals surface area contributed by atoms with Crippen LogP contribution >= 0.6 is 0 Å². The second-order valence-electron chi connectivity index (χ2n) is 8.75. The molecule has 4 saturated carbocycles. The molecule has 6 rings (SSSR count). The molecule has 4 aliphatic carbocycles. The summed E-state index contributed by atoms with van der Waals surface area (Å²) in [6.45, 7) is 5.53. The molecular formula is C19H27N3O2. The van der Waals surface area contributed by atoms with E-state index >= 15 is 0 Å². The van der Waals surface area contributed by atoms with Gasteiger partial charge in [0.05, 0.1) is 5.69 Å². The highest BCUT2D eigenvalue weighted by Crippen LogP contribution is 2.57. The number of aromatic nitrogens is 1. The topological polar surface area (TPSA) is 49.6 Å². The zero-order valence-corrected chi connectivity index (χ0v) is 14.5. The molecule has 0 radical (unpaired) electrons. The first kappa shape index (κ1) is 14.9. The summed E-state index contributed by atoms with van der Waals surface area (Å²) in [5, 5.41) is 3.84. The number of piperazine rings is 1. The third-order valence-corrected chi connectivity index (χ3v) is 7.08. The van der Waals surface area contributed by atoms with E-state index in [1.807, 2.05) is 11.8 Å². The van der Waals surface area contributed by atoms with Crippen LogP contribution in [0.5, 0.6) is 0 Å². The second-order valence-corrected chi connectivity index (χ2v) is 8.75. The third-order valence-electron chi connectivity index (χ3n) is 7.08. The van der Waals surface area contributed by atoms with Crippen LogP contribution < -0.4 is 0 Å². The molecule has 0 atom stereocenters. The Morgan fingerprint density at radius 1 is 1.08 bits per heavy atom. The maximum Gasteiger partial charge on any atom is 0.292 e. The molecular weight excluding hydrogens is 302 g/mol. The van der Waals surface area contributed by atoms with Gasteiger partial charge in [-0.2, -0.15) is 0 Å². The average molecular weight is 329 g/mol. The van der Waals surface area contributed by atoms with Crippen molar-refractivity contribution >= 4 is 5.91 Å². The molecule has 1 aromatic rings. The van der Waals surface area contributed by atoms with E-state index in [2.05, 4.69) is 10.1 Å². The predicted molar refractivity (Wildman–Crippen MR) is 89.6 cm³/mol. The Labute approximate surface area is 143 Å². The smallest absolute Gasteiger partial charge is 0.292 e. The molecule has 1 saturated heterocycles. The lowest BCUT2D eigenvalue weighted by Gasteiger charge is -2.61. The molecule has 24 heavy (non-hydrogen) atoms. The van der Waals surface area contributed by atoms with Crippen LogP contribution in [0.1, 0.15) is 54.8 Å². The standard InChI is InChI=1S/C19H27N3O2/c1-13-6-17(24-20-13)18(23)21-2-4-22(5-3-21)19-10-14-7-15(11-19)9-16(8-14)12-19/h6,14-16H,2-5,7-12H2,1H3. The van der Waals surface area contributed by atoms with E-state index in [1.54, 1.807) is 6.07 Å². The van der Waals surface area contributed by atoms with Crippen molar-refractivity contribution in [3.05, 3.63) is 17.5 Å². The first-order chi connectivity index (χ1) is 11.6. The van der Waals surface area contributed by atoms with Crippen LogP contribution in [0.4, 0.5) is 0 Å². The van der Waals surface area contributed by atoms with Crippen LogP contribution in [0.2, 0.25) is 0 Å². The van der Waals surface area contributed by atoms with Crippen LogP contribution in [0.25, 0.3) is 0 Å². The molecule has 0 spiro atoms. The SMILES string of the molecule is Cc1cc(C(=O)N2CCN(C34CC5CC(CC(C5)C3)C4)CC2)on1. The average Bonchev–Trinajstić information content (AvgIpc) is 3.00. The Balaban J connectivity index is 1.26. The molecule has 5 heteroatoms. The Morgan fingerprint density at radius 2 is 1.67 bits per heavy atom. The number of hydrogen-bond donors (Lipinski definition) is 0. The number of nitrogens with zero attached hydrogens (tertiary/aromatic N) is 3. The fourth-order valence-corrected chi connectivity index (χ4v) is 6.46. The van der Waals surface area contributed by atoms with E-state index < -0.39 is 0 Å². The molecule has 1 aromatic heterocycles. The van der Waals surface area contributed by atoms with Gasteiger partial charge in [-0.3, -0.25) is 9.69 Å². The van der Waals surface area contributed by atoms with Crippen molar-refractivity contribution in [1.82, 2.24) is 15.0 Å². The van der Waals surface area contributed by atoms with Crippen molar-refractivity contribution in [3.63, 3.8) is 0 Å². The molecule has 5 aliphatic rings. The summed E-state index contributed by atoms with van der Waals surface area (Å²) in [5.74, 6) is 3.32. The molecule has 130 valence electrons. The molecule has 1 aliphatic heterocycles.